The highest BCUT2D eigenvalue weighted by atomic mass is 79.9. The van der Waals surface area contributed by atoms with Gasteiger partial charge in [-0.05, 0) is 15.9 Å². The molecule has 0 saturated heterocycles. The Kier molecular flexibility index (Phi) is 3.63. The number of nitrogens with zero attached hydrogens (tertiary/aromatic N) is 3. The summed E-state index contributed by atoms with van der Waals surface area (Å²) in [7, 11) is 0. The van der Waals surface area contributed by atoms with Gasteiger partial charge < -0.3 is 5.32 Å². The summed E-state index contributed by atoms with van der Waals surface area (Å²) in [5.74, 6) is 0.826. The zero-order valence-electron chi connectivity index (χ0n) is 7.85. The highest BCUT2D eigenvalue weighted by molar-refractivity contribution is 9.10. The van der Waals surface area contributed by atoms with Gasteiger partial charge in [0.05, 0.1) is 11.2 Å². The monoisotopic (exact) mass is 284 g/mol. The average molecular weight is 285 g/mol. The summed E-state index contributed by atoms with van der Waals surface area (Å²) < 4.78 is 0.786. The fraction of sp³-hybridized carbons (Fsp3) is 0.222. The zero-order valence-corrected chi connectivity index (χ0v) is 10.3. The van der Waals surface area contributed by atoms with E-state index < -0.39 is 0 Å². The first-order chi connectivity index (χ1) is 7.34. The zero-order chi connectivity index (χ0) is 10.5. The quantitative estimate of drug-likeness (QED) is 0.876. The van der Waals surface area contributed by atoms with Crippen molar-refractivity contribution in [2.24, 2.45) is 0 Å². The van der Waals surface area contributed by atoms with E-state index in [0.29, 0.717) is 0 Å². The molecule has 2 heterocycles. The van der Waals surface area contributed by atoms with E-state index in [1.165, 1.54) is 6.33 Å². The van der Waals surface area contributed by atoms with Crippen LogP contribution in [0.5, 0.6) is 0 Å². The Morgan fingerprint density at radius 3 is 3.00 bits per heavy atom. The molecule has 78 valence electrons. The molecular formula is C9H9BrN4S. The van der Waals surface area contributed by atoms with Crippen LogP contribution in [0.3, 0.4) is 0 Å². The molecule has 1 N–H and O–H groups in total. The molecule has 0 aliphatic heterocycles. The first-order valence-corrected chi connectivity index (χ1v) is 6.16. The summed E-state index contributed by atoms with van der Waals surface area (Å²) in [4.78, 5) is 12.2. The summed E-state index contributed by atoms with van der Waals surface area (Å²) in [5.41, 5.74) is 2.96. The van der Waals surface area contributed by atoms with Crippen molar-refractivity contribution in [3.8, 4) is 0 Å². The molecule has 15 heavy (non-hydrogen) atoms. The van der Waals surface area contributed by atoms with Gasteiger partial charge in [-0.3, -0.25) is 0 Å². The number of hydrogen-bond donors (Lipinski definition) is 1. The van der Waals surface area contributed by atoms with Crippen LogP contribution in [0.1, 0.15) is 5.69 Å². The first kappa shape index (κ1) is 10.5. The maximum absolute atomic E-state index is 4.20. The number of rotatable bonds is 4. The lowest BCUT2D eigenvalue weighted by Crippen LogP contribution is -2.06. The van der Waals surface area contributed by atoms with Crippen LogP contribution in [-0.2, 0) is 6.42 Å². The van der Waals surface area contributed by atoms with E-state index >= 15 is 0 Å². The largest absolute Gasteiger partial charge is 0.370 e. The van der Waals surface area contributed by atoms with E-state index in [2.05, 4.69) is 41.6 Å². The lowest BCUT2D eigenvalue weighted by atomic mass is 10.3. The molecule has 2 aromatic heterocycles. The molecule has 2 aromatic rings. The standard InChI is InChI=1S/C9H9BrN4S/c10-8-3-9(13-5-12-8)11-2-1-7-4-15-6-14-7/h3-6H,1-2H2,(H,11,12,13). The van der Waals surface area contributed by atoms with Gasteiger partial charge in [-0.2, -0.15) is 0 Å². The van der Waals surface area contributed by atoms with Gasteiger partial charge in [0.25, 0.3) is 0 Å². The molecule has 0 aromatic carbocycles. The summed E-state index contributed by atoms with van der Waals surface area (Å²) >= 11 is 4.91. The topological polar surface area (TPSA) is 50.7 Å². The van der Waals surface area contributed by atoms with Crippen LogP contribution in [0.25, 0.3) is 0 Å². The van der Waals surface area contributed by atoms with Crippen LogP contribution in [0.4, 0.5) is 5.82 Å². The number of hydrogen-bond acceptors (Lipinski definition) is 5. The minimum atomic E-state index is 0.786. The third-order valence-electron chi connectivity index (χ3n) is 1.80. The van der Waals surface area contributed by atoms with Crippen molar-refractivity contribution in [2.75, 3.05) is 11.9 Å². The first-order valence-electron chi connectivity index (χ1n) is 4.43. The third kappa shape index (κ3) is 3.24. The smallest absolute Gasteiger partial charge is 0.130 e. The number of aromatic nitrogens is 3. The molecule has 0 spiro atoms. The van der Waals surface area contributed by atoms with E-state index in [0.717, 1.165) is 29.1 Å². The Hall–Kier alpha value is -1.01. The Bertz CT molecular complexity index is 418. The van der Waals surface area contributed by atoms with Crippen molar-refractivity contribution in [3.63, 3.8) is 0 Å². The third-order valence-corrected chi connectivity index (χ3v) is 2.87. The number of halogens is 1. The summed E-state index contributed by atoms with van der Waals surface area (Å²) in [6.45, 7) is 0.827. The van der Waals surface area contributed by atoms with Crippen molar-refractivity contribution < 1.29 is 0 Å². The van der Waals surface area contributed by atoms with Crippen molar-refractivity contribution in [1.82, 2.24) is 15.0 Å². The second-order valence-electron chi connectivity index (χ2n) is 2.88. The molecule has 4 nitrogen and oxygen atoms in total. The second-order valence-corrected chi connectivity index (χ2v) is 4.41. The molecule has 0 aliphatic carbocycles. The minimum Gasteiger partial charge on any atom is -0.370 e. The van der Waals surface area contributed by atoms with Gasteiger partial charge in [0.2, 0.25) is 0 Å². The maximum Gasteiger partial charge on any atom is 0.130 e. The second kappa shape index (κ2) is 5.18. The van der Waals surface area contributed by atoms with E-state index in [1.807, 2.05) is 11.6 Å². The van der Waals surface area contributed by atoms with Gasteiger partial charge in [-0.25, -0.2) is 15.0 Å². The molecule has 0 amide bonds. The summed E-state index contributed by atoms with van der Waals surface area (Å²) in [6, 6.07) is 1.85. The van der Waals surface area contributed by atoms with Crippen LogP contribution < -0.4 is 5.32 Å². The molecule has 0 fully saturated rings. The lowest BCUT2D eigenvalue weighted by Gasteiger charge is -2.03. The lowest BCUT2D eigenvalue weighted by molar-refractivity contribution is 0.963. The van der Waals surface area contributed by atoms with Crippen molar-refractivity contribution in [2.45, 2.75) is 6.42 Å². The predicted octanol–water partition coefficient (Wildman–Crippen LogP) is 2.35. The molecule has 0 saturated carbocycles. The molecule has 0 unspecified atom stereocenters. The molecule has 0 aliphatic rings. The van der Waals surface area contributed by atoms with Gasteiger partial charge in [0, 0.05) is 24.4 Å². The molecule has 2 rings (SSSR count). The van der Waals surface area contributed by atoms with E-state index in [4.69, 9.17) is 0 Å². The number of nitrogens with one attached hydrogen (secondary N) is 1. The van der Waals surface area contributed by atoms with Gasteiger partial charge >= 0.3 is 0 Å². The Morgan fingerprint density at radius 2 is 2.27 bits per heavy atom. The van der Waals surface area contributed by atoms with Gasteiger partial charge in [0.1, 0.15) is 16.7 Å². The van der Waals surface area contributed by atoms with E-state index in [1.54, 1.807) is 11.3 Å². The van der Waals surface area contributed by atoms with Gasteiger partial charge in [-0.15, -0.1) is 11.3 Å². The highest BCUT2D eigenvalue weighted by Crippen LogP contribution is 2.09. The minimum absolute atomic E-state index is 0.786. The van der Waals surface area contributed by atoms with E-state index in [-0.39, 0.29) is 0 Å². The van der Waals surface area contributed by atoms with Gasteiger partial charge in [0.15, 0.2) is 0 Å². The van der Waals surface area contributed by atoms with Crippen LogP contribution in [0, 0.1) is 0 Å². The van der Waals surface area contributed by atoms with Gasteiger partial charge in [-0.1, -0.05) is 0 Å². The molecule has 0 radical (unpaired) electrons. The molecular weight excluding hydrogens is 276 g/mol. The average Bonchev–Trinajstić information content (AvgIpc) is 2.71. The normalized spacial score (nSPS) is 10.2. The number of anilines is 1. The SMILES string of the molecule is Brc1cc(NCCc2cscn2)ncn1. The number of thiazole rings is 1. The van der Waals surface area contributed by atoms with Crippen molar-refractivity contribution in [3.05, 3.63) is 33.6 Å². The highest BCUT2D eigenvalue weighted by Gasteiger charge is 1.97. The molecule has 0 atom stereocenters. The summed E-state index contributed by atoms with van der Waals surface area (Å²) in [6.07, 6.45) is 2.43. The van der Waals surface area contributed by atoms with Crippen LogP contribution in [-0.4, -0.2) is 21.5 Å². The van der Waals surface area contributed by atoms with E-state index in [9.17, 15) is 0 Å². The van der Waals surface area contributed by atoms with Crippen molar-refractivity contribution >= 4 is 33.1 Å². The Balaban J connectivity index is 1.83. The fourth-order valence-corrected chi connectivity index (χ4v) is 2.01. The fourth-order valence-electron chi connectivity index (χ4n) is 1.11. The molecule has 6 heteroatoms. The maximum atomic E-state index is 4.20. The predicted molar refractivity (Wildman–Crippen MR) is 64.0 cm³/mol. The van der Waals surface area contributed by atoms with Crippen molar-refractivity contribution in [1.29, 1.82) is 0 Å². The Morgan fingerprint density at radius 1 is 1.33 bits per heavy atom. The van der Waals surface area contributed by atoms with Crippen LogP contribution in [0.2, 0.25) is 0 Å². The molecule has 0 bridgehead atoms. The Labute approximate surface area is 99.9 Å². The van der Waals surface area contributed by atoms with Crippen LogP contribution in [0.15, 0.2) is 27.9 Å². The van der Waals surface area contributed by atoms with Crippen LogP contribution >= 0.6 is 27.3 Å². The summed E-state index contributed by atoms with van der Waals surface area (Å²) in [5, 5.41) is 5.26.